The number of amides is 1. The Hall–Kier alpha value is -0.640. The molecule has 0 aliphatic heterocycles. The summed E-state index contributed by atoms with van der Waals surface area (Å²) in [6.45, 7) is 5.01. The monoisotopic (exact) mass is 256 g/mol. The van der Waals surface area contributed by atoms with Crippen molar-refractivity contribution in [1.82, 2.24) is 5.32 Å². The second kappa shape index (κ2) is 6.94. The summed E-state index contributed by atoms with van der Waals surface area (Å²) in [5, 5.41) is 3.00. The maximum atomic E-state index is 11.9. The van der Waals surface area contributed by atoms with Crippen LogP contribution >= 0.6 is 12.2 Å². The van der Waals surface area contributed by atoms with Crippen LogP contribution < -0.4 is 11.1 Å². The van der Waals surface area contributed by atoms with E-state index in [1.807, 2.05) is 6.92 Å². The Bertz CT molecular complexity index is 281. The smallest absolute Gasteiger partial charge is 0.229 e. The van der Waals surface area contributed by atoms with Gasteiger partial charge < -0.3 is 11.1 Å². The molecule has 0 saturated heterocycles. The molecule has 1 aliphatic rings. The zero-order valence-electron chi connectivity index (χ0n) is 10.9. The number of nitrogens with two attached hydrogens (primary N) is 1. The van der Waals surface area contributed by atoms with Crippen LogP contribution in [-0.2, 0) is 4.79 Å². The highest BCUT2D eigenvalue weighted by Crippen LogP contribution is 2.27. The van der Waals surface area contributed by atoms with Gasteiger partial charge in [0.1, 0.15) is 0 Å². The largest absolute Gasteiger partial charge is 0.393 e. The van der Waals surface area contributed by atoms with Crippen molar-refractivity contribution >= 4 is 23.1 Å². The summed E-state index contributed by atoms with van der Waals surface area (Å²) in [6, 6.07) is 0. The molecule has 1 rings (SSSR count). The number of rotatable bonds is 5. The number of thiocarbonyl (C=S) groups is 1. The van der Waals surface area contributed by atoms with Crippen molar-refractivity contribution in [2.45, 2.75) is 46.0 Å². The molecule has 4 heteroatoms. The van der Waals surface area contributed by atoms with Crippen LogP contribution in [0.15, 0.2) is 0 Å². The van der Waals surface area contributed by atoms with Gasteiger partial charge in [-0.2, -0.15) is 0 Å². The topological polar surface area (TPSA) is 55.1 Å². The Morgan fingerprint density at radius 1 is 1.53 bits per heavy atom. The first kappa shape index (κ1) is 14.4. The Morgan fingerprint density at radius 2 is 2.24 bits per heavy atom. The van der Waals surface area contributed by atoms with Gasteiger partial charge in [-0.15, -0.1) is 0 Å². The predicted octanol–water partition coefficient (Wildman–Crippen LogP) is 2.24. The van der Waals surface area contributed by atoms with Gasteiger partial charge in [-0.1, -0.05) is 38.9 Å². The summed E-state index contributed by atoms with van der Waals surface area (Å²) in [5.74, 6) is 1.12. The van der Waals surface area contributed by atoms with Crippen LogP contribution in [0, 0.1) is 17.8 Å². The third kappa shape index (κ3) is 4.62. The van der Waals surface area contributed by atoms with E-state index in [4.69, 9.17) is 18.0 Å². The van der Waals surface area contributed by atoms with Crippen molar-refractivity contribution in [1.29, 1.82) is 0 Å². The van der Waals surface area contributed by atoms with Gasteiger partial charge in [0.25, 0.3) is 0 Å². The van der Waals surface area contributed by atoms with Crippen LogP contribution in [0.4, 0.5) is 0 Å². The quantitative estimate of drug-likeness (QED) is 0.742. The number of carbonyl (C=O) groups is 1. The Balaban J connectivity index is 2.34. The minimum Gasteiger partial charge on any atom is -0.393 e. The SMILES string of the molecule is CCC(C(=O)NCC1CCCC(C)C1)C(N)=S. The van der Waals surface area contributed by atoms with Crippen LogP contribution in [0.2, 0.25) is 0 Å². The van der Waals surface area contributed by atoms with Gasteiger partial charge in [-0.25, -0.2) is 0 Å². The lowest BCUT2D eigenvalue weighted by atomic mass is 9.82. The van der Waals surface area contributed by atoms with Gasteiger partial charge in [0.15, 0.2) is 0 Å². The third-order valence-corrected chi connectivity index (χ3v) is 3.96. The molecule has 1 fully saturated rings. The van der Waals surface area contributed by atoms with E-state index in [1.54, 1.807) is 0 Å². The molecule has 3 unspecified atom stereocenters. The van der Waals surface area contributed by atoms with Gasteiger partial charge in [0, 0.05) is 6.54 Å². The van der Waals surface area contributed by atoms with Gasteiger partial charge in [0.05, 0.1) is 10.9 Å². The lowest BCUT2D eigenvalue weighted by Gasteiger charge is -2.27. The fraction of sp³-hybridized carbons (Fsp3) is 0.846. The van der Waals surface area contributed by atoms with Gasteiger partial charge in [-0.05, 0) is 31.1 Å². The maximum Gasteiger partial charge on any atom is 0.229 e. The Labute approximate surface area is 110 Å². The van der Waals surface area contributed by atoms with E-state index < -0.39 is 0 Å². The summed E-state index contributed by atoms with van der Waals surface area (Å²) in [4.78, 5) is 12.2. The fourth-order valence-corrected chi connectivity index (χ4v) is 2.90. The van der Waals surface area contributed by atoms with E-state index in [9.17, 15) is 4.79 Å². The zero-order chi connectivity index (χ0) is 12.8. The van der Waals surface area contributed by atoms with Crippen LogP contribution in [0.3, 0.4) is 0 Å². The molecule has 1 saturated carbocycles. The molecular formula is C13H24N2OS. The predicted molar refractivity (Wildman–Crippen MR) is 74.7 cm³/mol. The molecule has 0 aromatic heterocycles. The number of hydrogen-bond donors (Lipinski definition) is 2. The standard InChI is InChI=1S/C13H24N2OS/c1-3-11(12(14)17)13(16)15-8-10-6-4-5-9(2)7-10/h9-11H,3-8H2,1-2H3,(H2,14,17)(H,15,16). The molecule has 0 aromatic carbocycles. The van der Waals surface area contributed by atoms with E-state index in [-0.39, 0.29) is 11.8 Å². The van der Waals surface area contributed by atoms with Gasteiger partial charge in [0.2, 0.25) is 5.91 Å². The summed E-state index contributed by atoms with van der Waals surface area (Å²) in [7, 11) is 0. The van der Waals surface area contributed by atoms with Crippen LogP contribution in [-0.4, -0.2) is 17.4 Å². The highest BCUT2D eigenvalue weighted by Gasteiger charge is 2.22. The van der Waals surface area contributed by atoms with Crippen molar-refractivity contribution in [3.8, 4) is 0 Å². The molecule has 0 heterocycles. The summed E-state index contributed by atoms with van der Waals surface area (Å²) < 4.78 is 0. The Morgan fingerprint density at radius 3 is 2.76 bits per heavy atom. The Kier molecular flexibility index (Phi) is 5.89. The van der Waals surface area contributed by atoms with E-state index in [1.165, 1.54) is 25.7 Å². The number of hydrogen-bond acceptors (Lipinski definition) is 2. The molecule has 3 nitrogen and oxygen atoms in total. The van der Waals surface area contributed by atoms with E-state index >= 15 is 0 Å². The molecule has 0 spiro atoms. The molecule has 1 aliphatic carbocycles. The summed E-state index contributed by atoms with van der Waals surface area (Å²) >= 11 is 4.90. The third-order valence-electron chi connectivity index (χ3n) is 3.68. The highest BCUT2D eigenvalue weighted by molar-refractivity contribution is 7.80. The van der Waals surface area contributed by atoms with Crippen LogP contribution in [0.5, 0.6) is 0 Å². The molecular weight excluding hydrogens is 232 g/mol. The van der Waals surface area contributed by atoms with Crippen molar-refractivity contribution < 1.29 is 4.79 Å². The zero-order valence-corrected chi connectivity index (χ0v) is 11.7. The first-order valence-corrected chi connectivity index (χ1v) is 7.02. The van der Waals surface area contributed by atoms with Crippen LogP contribution in [0.1, 0.15) is 46.0 Å². The first-order chi connectivity index (χ1) is 8.04. The van der Waals surface area contributed by atoms with Gasteiger partial charge >= 0.3 is 0 Å². The average Bonchev–Trinajstić information content (AvgIpc) is 2.27. The summed E-state index contributed by atoms with van der Waals surface area (Å²) in [6.07, 6.45) is 5.75. The van der Waals surface area contributed by atoms with Crippen LogP contribution in [0.25, 0.3) is 0 Å². The van der Waals surface area contributed by atoms with E-state index in [0.29, 0.717) is 17.3 Å². The lowest BCUT2D eigenvalue weighted by molar-refractivity contribution is -0.123. The lowest BCUT2D eigenvalue weighted by Crippen LogP contribution is -2.40. The molecule has 0 radical (unpaired) electrons. The van der Waals surface area contributed by atoms with Crippen molar-refractivity contribution in [2.24, 2.45) is 23.5 Å². The van der Waals surface area contributed by atoms with E-state index in [0.717, 1.165) is 12.5 Å². The first-order valence-electron chi connectivity index (χ1n) is 6.61. The molecule has 1 amide bonds. The van der Waals surface area contributed by atoms with Crippen molar-refractivity contribution in [3.05, 3.63) is 0 Å². The molecule has 17 heavy (non-hydrogen) atoms. The fourth-order valence-electron chi connectivity index (χ4n) is 2.63. The minimum atomic E-state index is -0.300. The second-order valence-electron chi connectivity index (χ2n) is 5.25. The number of nitrogens with one attached hydrogen (secondary N) is 1. The van der Waals surface area contributed by atoms with Crippen molar-refractivity contribution in [2.75, 3.05) is 6.54 Å². The van der Waals surface area contributed by atoms with Gasteiger partial charge in [-0.3, -0.25) is 4.79 Å². The molecule has 0 bridgehead atoms. The molecule has 3 atom stereocenters. The van der Waals surface area contributed by atoms with E-state index in [2.05, 4.69) is 12.2 Å². The minimum absolute atomic E-state index is 0.00164. The normalized spacial score (nSPS) is 26.2. The highest BCUT2D eigenvalue weighted by atomic mass is 32.1. The molecule has 98 valence electrons. The molecule has 3 N–H and O–H groups in total. The number of carbonyl (C=O) groups excluding carboxylic acids is 1. The van der Waals surface area contributed by atoms with Crippen molar-refractivity contribution in [3.63, 3.8) is 0 Å². The maximum absolute atomic E-state index is 11.9. The summed E-state index contributed by atoms with van der Waals surface area (Å²) in [5.41, 5.74) is 5.55. The average molecular weight is 256 g/mol. The molecule has 0 aromatic rings. The second-order valence-corrected chi connectivity index (χ2v) is 5.72.